The molecular formula is C16H18Br2ClN3O3. The van der Waals surface area contributed by atoms with Crippen molar-refractivity contribution >= 4 is 55.0 Å². The number of nitrogens with zero attached hydrogens (tertiary/aromatic N) is 2. The van der Waals surface area contributed by atoms with Crippen LogP contribution in [0.4, 0.5) is 11.5 Å². The summed E-state index contributed by atoms with van der Waals surface area (Å²) in [6.07, 6.45) is 1.49. The van der Waals surface area contributed by atoms with Gasteiger partial charge in [-0.25, -0.2) is 4.98 Å². The molecule has 0 amide bonds. The summed E-state index contributed by atoms with van der Waals surface area (Å²) in [5.74, 6) is 0.135. The fraction of sp³-hybridized carbons (Fsp3) is 0.375. The number of methoxy groups -OCH3 is 2. The van der Waals surface area contributed by atoms with Crippen molar-refractivity contribution in [1.29, 1.82) is 0 Å². The molecule has 1 aromatic carbocycles. The third-order valence-electron chi connectivity index (χ3n) is 3.51. The van der Waals surface area contributed by atoms with Crippen LogP contribution < -0.4 is 10.9 Å². The van der Waals surface area contributed by atoms with Gasteiger partial charge < -0.3 is 19.4 Å². The first kappa shape index (κ1) is 20.4. The van der Waals surface area contributed by atoms with Crippen molar-refractivity contribution in [2.24, 2.45) is 0 Å². The highest BCUT2D eigenvalue weighted by molar-refractivity contribution is 9.11. The maximum Gasteiger partial charge on any atom is 0.294 e. The molecule has 0 saturated heterocycles. The van der Waals surface area contributed by atoms with Gasteiger partial charge in [-0.1, -0.05) is 27.5 Å². The second kappa shape index (κ2) is 9.14. The summed E-state index contributed by atoms with van der Waals surface area (Å²) in [5.41, 5.74) is 1.38. The molecule has 0 unspecified atom stereocenters. The summed E-state index contributed by atoms with van der Waals surface area (Å²) >= 11 is 13.1. The smallest absolute Gasteiger partial charge is 0.294 e. The number of ether oxygens (including phenoxy) is 2. The fourth-order valence-electron chi connectivity index (χ4n) is 2.40. The van der Waals surface area contributed by atoms with E-state index in [1.807, 2.05) is 19.1 Å². The Balaban J connectivity index is 2.48. The van der Waals surface area contributed by atoms with Gasteiger partial charge in [0.1, 0.15) is 5.15 Å². The molecule has 0 radical (unpaired) electrons. The molecule has 25 heavy (non-hydrogen) atoms. The average molecular weight is 496 g/mol. The van der Waals surface area contributed by atoms with Crippen molar-refractivity contribution in [3.05, 3.63) is 48.3 Å². The summed E-state index contributed by atoms with van der Waals surface area (Å²) in [5, 5.41) is 3.28. The average Bonchev–Trinajstić information content (AvgIpc) is 2.53. The molecule has 1 heterocycles. The maximum absolute atomic E-state index is 12.8. The van der Waals surface area contributed by atoms with Gasteiger partial charge in [-0.2, -0.15) is 0 Å². The van der Waals surface area contributed by atoms with Crippen LogP contribution in [0, 0.1) is 6.92 Å². The normalized spacial score (nSPS) is 11.2. The highest BCUT2D eigenvalue weighted by atomic mass is 79.9. The van der Waals surface area contributed by atoms with Crippen molar-refractivity contribution in [3.8, 4) is 0 Å². The Morgan fingerprint density at radius 1 is 1.28 bits per heavy atom. The van der Waals surface area contributed by atoms with E-state index in [0.717, 1.165) is 20.2 Å². The zero-order chi connectivity index (χ0) is 18.6. The SMILES string of the molecule is COCC(COC)n1cc(Cl)nc(Nc2c(C)cc(Br)cc2Br)c1=O. The van der Waals surface area contributed by atoms with Gasteiger partial charge in [-0.05, 0) is 40.5 Å². The van der Waals surface area contributed by atoms with E-state index in [2.05, 4.69) is 42.2 Å². The molecule has 6 nitrogen and oxygen atoms in total. The van der Waals surface area contributed by atoms with E-state index in [9.17, 15) is 4.79 Å². The number of anilines is 2. The molecule has 2 aromatic rings. The molecule has 0 aliphatic rings. The zero-order valence-electron chi connectivity index (χ0n) is 14.0. The first-order valence-corrected chi connectivity index (χ1v) is 9.33. The first-order valence-electron chi connectivity index (χ1n) is 7.36. The van der Waals surface area contributed by atoms with E-state index in [0.29, 0.717) is 13.2 Å². The molecule has 0 aliphatic heterocycles. The molecule has 0 bridgehead atoms. The van der Waals surface area contributed by atoms with Crippen LogP contribution in [0.1, 0.15) is 11.6 Å². The second-order valence-electron chi connectivity index (χ2n) is 5.39. The lowest BCUT2D eigenvalue weighted by Crippen LogP contribution is -2.32. The largest absolute Gasteiger partial charge is 0.382 e. The molecule has 9 heteroatoms. The molecular weight excluding hydrogens is 477 g/mol. The van der Waals surface area contributed by atoms with Crippen molar-refractivity contribution in [1.82, 2.24) is 9.55 Å². The Labute approximate surface area is 167 Å². The van der Waals surface area contributed by atoms with Crippen LogP contribution in [-0.2, 0) is 9.47 Å². The van der Waals surface area contributed by atoms with Crippen LogP contribution >= 0.6 is 43.5 Å². The van der Waals surface area contributed by atoms with Gasteiger partial charge in [-0.3, -0.25) is 4.79 Å². The number of rotatable bonds is 7. The van der Waals surface area contributed by atoms with Crippen molar-refractivity contribution < 1.29 is 9.47 Å². The highest BCUT2D eigenvalue weighted by Crippen LogP contribution is 2.31. The zero-order valence-corrected chi connectivity index (χ0v) is 17.9. The molecule has 1 aromatic heterocycles. The van der Waals surface area contributed by atoms with Crippen LogP contribution in [0.25, 0.3) is 0 Å². The highest BCUT2D eigenvalue weighted by Gasteiger charge is 2.18. The molecule has 2 rings (SSSR count). The monoisotopic (exact) mass is 493 g/mol. The van der Waals surface area contributed by atoms with Gasteiger partial charge in [0.25, 0.3) is 5.56 Å². The molecule has 136 valence electrons. The fourth-order valence-corrected chi connectivity index (χ4v) is 4.13. The lowest BCUT2D eigenvalue weighted by Gasteiger charge is -2.20. The molecule has 0 aliphatic carbocycles. The maximum atomic E-state index is 12.8. The number of aromatic nitrogens is 2. The summed E-state index contributed by atoms with van der Waals surface area (Å²) in [6.45, 7) is 2.56. The minimum absolute atomic E-state index is 0.135. The Bertz CT molecular complexity index is 785. The minimum Gasteiger partial charge on any atom is -0.382 e. The summed E-state index contributed by atoms with van der Waals surface area (Å²) < 4.78 is 13.6. The Hall–Kier alpha value is -0.930. The second-order valence-corrected chi connectivity index (χ2v) is 7.55. The summed E-state index contributed by atoms with van der Waals surface area (Å²) in [7, 11) is 3.13. The van der Waals surface area contributed by atoms with Crippen LogP contribution in [0.5, 0.6) is 0 Å². The Kier molecular flexibility index (Phi) is 7.45. The lowest BCUT2D eigenvalue weighted by atomic mass is 10.2. The van der Waals surface area contributed by atoms with Gasteiger partial charge in [0.2, 0.25) is 0 Å². The van der Waals surface area contributed by atoms with Crippen LogP contribution in [0.3, 0.4) is 0 Å². The first-order chi connectivity index (χ1) is 11.9. The van der Waals surface area contributed by atoms with Crippen LogP contribution in [-0.4, -0.2) is 37.0 Å². The quantitative estimate of drug-likeness (QED) is 0.620. The number of hydrogen-bond donors (Lipinski definition) is 1. The van der Waals surface area contributed by atoms with Crippen molar-refractivity contribution in [3.63, 3.8) is 0 Å². The van der Waals surface area contributed by atoms with Crippen molar-refractivity contribution in [2.45, 2.75) is 13.0 Å². The van der Waals surface area contributed by atoms with E-state index in [1.165, 1.54) is 10.8 Å². The standard InChI is InChI=1S/C16H18Br2ClN3O3/c1-9-4-10(17)5-12(18)14(9)21-15-16(23)22(6-13(19)20-15)11(7-24-2)8-25-3/h4-6,11H,7-8H2,1-3H3,(H,20,21). The van der Waals surface area contributed by atoms with Gasteiger partial charge in [0, 0.05) is 29.4 Å². The predicted octanol–water partition coefficient (Wildman–Crippen LogP) is 4.31. The molecule has 0 atom stereocenters. The Morgan fingerprint density at radius 3 is 2.48 bits per heavy atom. The number of hydrogen-bond acceptors (Lipinski definition) is 5. The third kappa shape index (κ3) is 5.04. The van der Waals surface area contributed by atoms with Gasteiger partial charge in [0.15, 0.2) is 5.82 Å². The lowest BCUT2D eigenvalue weighted by molar-refractivity contribution is 0.0879. The molecule has 1 N–H and O–H groups in total. The van der Waals surface area contributed by atoms with E-state index < -0.39 is 0 Å². The third-order valence-corrected chi connectivity index (χ3v) is 4.77. The van der Waals surface area contributed by atoms with Crippen molar-refractivity contribution in [2.75, 3.05) is 32.8 Å². The van der Waals surface area contributed by atoms with Crippen LogP contribution in [0.2, 0.25) is 5.15 Å². The van der Waals surface area contributed by atoms with E-state index in [-0.39, 0.29) is 22.6 Å². The molecule has 0 fully saturated rings. The predicted molar refractivity (Wildman–Crippen MR) is 106 cm³/mol. The van der Waals surface area contributed by atoms with E-state index in [4.69, 9.17) is 21.1 Å². The van der Waals surface area contributed by atoms with Gasteiger partial charge in [0.05, 0.1) is 24.9 Å². The summed E-state index contributed by atoms with van der Waals surface area (Å²) in [6, 6.07) is 3.52. The number of aryl methyl sites for hydroxylation is 1. The number of halogens is 3. The number of benzene rings is 1. The van der Waals surface area contributed by atoms with Gasteiger partial charge in [-0.15, -0.1) is 0 Å². The van der Waals surface area contributed by atoms with E-state index >= 15 is 0 Å². The Morgan fingerprint density at radius 2 is 1.92 bits per heavy atom. The number of nitrogens with one attached hydrogen (secondary N) is 1. The topological polar surface area (TPSA) is 65.4 Å². The van der Waals surface area contributed by atoms with E-state index in [1.54, 1.807) is 14.2 Å². The minimum atomic E-state index is -0.308. The van der Waals surface area contributed by atoms with Gasteiger partial charge >= 0.3 is 0 Å². The molecule has 0 saturated carbocycles. The molecule has 0 spiro atoms. The summed E-state index contributed by atoms with van der Waals surface area (Å²) in [4.78, 5) is 17.0. The van der Waals surface area contributed by atoms with Crippen LogP contribution in [0.15, 0.2) is 32.1 Å².